The molecule has 0 bridgehead atoms. The summed E-state index contributed by atoms with van der Waals surface area (Å²) in [6, 6.07) is 0. The lowest BCUT2D eigenvalue weighted by atomic mass is 9.89. The summed E-state index contributed by atoms with van der Waals surface area (Å²) in [6.45, 7) is 1.34. The lowest BCUT2D eigenvalue weighted by molar-refractivity contribution is -0.161. The van der Waals surface area contributed by atoms with Crippen molar-refractivity contribution in [2.45, 2.75) is 179 Å². The Morgan fingerprint density at radius 3 is 1.94 bits per heavy atom. The molecular weight excluding hydrogens is 846 g/mol. The molecular formula is C44H78O16P2. The van der Waals surface area contributed by atoms with E-state index in [1.165, 1.54) is 19.3 Å². The molecule has 62 heavy (non-hydrogen) atoms. The number of esters is 2. The number of hydrogen-bond acceptors (Lipinski definition) is 13. The molecule has 1 aliphatic rings. The van der Waals surface area contributed by atoms with Crippen LogP contribution in [0.25, 0.3) is 0 Å². The number of hydrogen-bond donors (Lipinski definition) is 7. The number of carbonyl (C=O) groups is 2. The summed E-state index contributed by atoms with van der Waals surface area (Å²) in [5, 5.41) is 41.1. The van der Waals surface area contributed by atoms with Crippen molar-refractivity contribution >= 4 is 27.6 Å². The highest BCUT2D eigenvalue weighted by molar-refractivity contribution is 7.47. The van der Waals surface area contributed by atoms with Crippen molar-refractivity contribution in [1.82, 2.24) is 0 Å². The highest BCUT2D eigenvalue weighted by atomic mass is 31.2. The minimum atomic E-state index is -4.90. The molecule has 8 atom stereocenters. The predicted molar refractivity (Wildman–Crippen MR) is 236 cm³/mol. The molecule has 16 nitrogen and oxygen atoms in total. The van der Waals surface area contributed by atoms with Crippen LogP contribution in [0.1, 0.15) is 149 Å². The van der Waals surface area contributed by atoms with Gasteiger partial charge in [0.25, 0.3) is 0 Å². The Morgan fingerprint density at radius 1 is 0.661 bits per heavy atom. The van der Waals surface area contributed by atoms with Crippen molar-refractivity contribution in [3.8, 4) is 0 Å². The van der Waals surface area contributed by atoms with Crippen molar-refractivity contribution in [3.05, 3.63) is 48.6 Å². The number of aliphatic hydroxyl groups is 4. The second-order valence-corrected chi connectivity index (χ2v) is 18.6. The third-order valence-corrected chi connectivity index (χ3v) is 11.7. The van der Waals surface area contributed by atoms with Crippen LogP contribution >= 0.6 is 15.6 Å². The zero-order valence-corrected chi connectivity index (χ0v) is 38.8. The molecule has 0 spiro atoms. The maximum Gasteiger partial charge on any atom is 0.472 e. The Bertz CT molecular complexity index is 1400. The van der Waals surface area contributed by atoms with E-state index in [0.29, 0.717) is 32.1 Å². The van der Waals surface area contributed by atoms with E-state index in [2.05, 4.69) is 47.2 Å². The molecule has 0 aromatic carbocycles. The lowest BCUT2D eigenvalue weighted by Gasteiger charge is -2.20. The number of ether oxygens (including phenoxy) is 2. The molecule has 0 aromatic rings. The second kappa shape index (κ2) is 35.2. The summed E-state index contributed by atoms with van der Waals surface area (Å²) < 4.78 is 47.8. The van der Waals surface area contributed by atoms with E-state index in [1.54, 1.807) is 6.08 Å². The monoisotopic (exact) mass is 924 g/mol. The molecule has 1 aliphatic carbocycles. The molecule has 1 rings (SSSR count). The normalized spacial score (nSPS) is 21.0. The third-order valence-electron chi connectivity index (χ3n) is 10.3. The number of phosphoric acid groups is 2. The van der Waals surface area contributed by atoms with Crippen molar-refractivity contribution < 1.29 is 76.9 Å². The Labute approximate surface area is 369 Å². The fraction of sp³-hybridized carbons (Fsp3) is 0.773. The summed E-state index contributed by atoms with van der Waals surface area (Å²) in [4.78, 5) is 52.9. The molecule has 1 saturated carbocycles. The molecule has 0 saturated heterocycles. The zero-order valence-electron chi connectivity index (χ0n) is 37.0. The van der Waals surface area contributed by atoms with Crippen LogP contribution in [-0.4, -0.2) is 104 Å². The van der Waals surface area contributed by atoms with Crippen molar-refractivity contribution in [1.29, 1.82) is 0 Å². The molecule has 1 unspecified atom stereocenters. The third kappa shape index (κ3) is 31.7. The van der Waals surface area contributed by atoms with Gasteiger partial charge in [-0.1, -0.05) is 114 Å². The Balaban J connectivity index is 2.58. The standard InChI is InChI=1S/C44H78O16P2/c1-3-5-7-8-9-10-11-12-13-14-15-16-17-18-24-28-44(50)60-38(35-59-62(54,55)58-33-37(46)32-57-61(51,52)53)34-56-43(49)27-23-20-19-22-26-39-40(42(48)31-41(39)47)30-29-36(45)25-21-6-4-2/h9-10,12-13,19,22,29-30,36-42,45-48H,3-8,11,14-18,20-21,23-28,31-35H2,1-2H3,(H,54,55)(H2,51,52,53)/b10-9-,13-12-,22-19+,30-29+/t36-,37-,38+,39+,40+,41-,42+/m0/s1. The minimum absolute atomic E-state index is 0.0139. The maximum absolute atomic E-state index is 12.7. The summed E-state index contributed by atoms with van der Waals surface area (Å²) in [5.74, 6) is -1.73. The Kier molecular flexibility index (Phi) is 33.0. The maximum atomic E-state index is 12.7. The van der Waals surface area contributed by atoms with Gasteiger partial charge in [-0.25, -0.2) is 9.13 Å². The van der Waals surface area contributed by atoms with Crippen LogP contribution in [0, 0.1) is 11.8 Å². The second-order valence-electron chi connectivity index (χ2n) is 15.9. The quantitative estimate of drug-likeness (QED) is 0.0135. The molecule has 0 heterocycles. The molecule has 0 aromatic heterocycles. The summed E-state index contributed by atoms with van der Waals surface area (Å²) in [7, 11) is -9.77. The van der Waals surface area contributed by atoms with Gasteiger partial charge in [-0.2, -0.15) is 0 Å². The molecule has 0 amide bonds. The summed E-state index contributed by atoms with van der Waals surface area (Å²) in [6.07, 6.45) is 27.7. The SMILES string of the molecule is CCCCC/C=C\C/C=C\CCCCCCCC(=O)O[C@H](COC(=O)CCC/C=C/C[C@@H]1[C@@H](/C=C/[C@@H](O)CCCCC)[C@H](O)C[C@@H]1O)COP(=O)(O)OC[C@@H](O)COP(=O)(O)O. The average molecular weight is 925 g/mol. The predicted octanol–water partition coefficient (Wildman–Crippen LogP) is 7.83. The van der Waals surface area contributed by atoms with E-state index in [9.17, 15) is 44.0 Å². The smallest absolute Gasteiger partial charge is 0.462 e. The van der Waals surface area contributed by atoms with Gasteiger partial charge in [0.1, 0.15) is 12.7 Å². The highest BCUT2D eigenvalue weighted by Gasteiger charge is 2.39. The van der Waals surface area contributed by atoms with Gasteiger partial charge in [0.2, 0.25) is 0 Å². The van der Waals surface area contributed by atoms with E-state index in [4.69, 9.17) is 23.8 Å². The van der Waals surface area contributed by atoms with Gasteiger partial charge in [-0.15, -0.1) is 0 Å². The Hall–Kier alpha value is -2.04. The van der Waals surface area contributed by atoms with Crippen LogP contribution in [0.2, 0.25) is 0 Å². The van der Waals surface area contributed by atoms with E-state index in [1.807, 2.05) is 18.2 Å². The first kappa shape index (κ1) is 58.0. The van der Waals surface area contributed by atoms with Crippen LogP contribution in [0.5, 0.6) is 0 Å². The first-order valence-corrected chi connectivity index (χ1v) is 25.6. The number of unbranched alkanes of at least 4 members (excludes halogenated alkanes) is 11. The largest absolute Gasteiger partial charge is 0.472 e. The number of phosphoric ester groups is 2. The first-order valence-electron chi connectivity index (χ1n) is 22.6. The van der Waals surface area contributed by atoms with Crippen LogP contribution in [0.4, 0.5) is 0 Å². The van der Waals surface area contributed by atoms with Gasteiger partial charge in [0, 0.05) is 25.2 Å². The Morgan fingerprint density at radius 2 is 1.24 bits per heavy atom. The number of allylic oxidation sites excluding steroid dienone is 6. The van der Waals surface area contributed by atoms with Crippen molar-refractivity contribution in [2.75, 3.05) is 26.4 Å². The van der Waals surface area contributed by atoms with Crippen LogP contribution in [0.3, 0.4) is 0 Å². The fourth-order valence-corrected chi connectivity index (χ4v) is 7.88. The lowest BCUT2D eigenvalue weighted by Crippen LogP contribution is -2.30. The van der Waals surface area contributed by atoms with Gasteiger partial charge >= 0.3 is 27.6 Å². The molecule has 18 heteroatoms. The van der Waals surface area contributed by atoms with E-state index < -0.39 is 84.5 Å². The zero-order chi connectivity index (χ0) is 46.1. The van der Waals surface area contributed by atoms with Gasteiger partial charge in [-0.3, -0.25) is 23.2 Å². The number of rotatable bonds is 38. The van der Waals surface area contributed by atoms with Gasteiger partial charge in [-0.05, 0) is 70.1 Å². The van der Waals surface area contributed by atoms with Gasteiger partial charge in [0.15, 0.2) is 6.10 Å². The molecule has 360 valence electrons. The fourth-order valence-electron chi connectivity index (χ4n) is 6.72. The van der Waals surface area contributed by atoms with Gasteiger partial charge in [0.05, 0.1) is 38.1 Å². The van der Waals surface area contributed by atoms with Crippen molar-refractivity contribution in [3.63, 3.8) is 0 Å². The van der Waals surface area contributed by atoms with Crippen LogP contribution < -0.4 is 0 Å². The minimum Gasteiger partial charge on any atom is -0.462 e. The van der Waals surface area contributed by atoms with Crippen molar-refractivity contribution in [2.24, 2.45) is 11.8 Å². The van der Waals surface area contributed by atoms with E-state index in [0.717, 1.165) is 64.2 Å². The number of carbonyl (C=O) groups excluding carboxylic acids is 2. The first-order chi connectivity index (χ1) is 29.6. The molecule has 1 fully saturated rings. The van der Waals surface area contributed by atoms with Crippen LogP contribution in [0.15, 0.2) is 48.6 Å². The molecule has 0 radical (unpaired) electrons. The topological polar surface area (TPSA) is 256 Å². The van der Waals surface area contributed by atoms with Crippen LogP contribution in [-0.2, 0) is 41.8 Å². The van der Waals surface area contributed by atoms with E-state index >= 15 is 0 Å². The highest BCUT2D eigenvalue weighted by Crippen LogP contribution is 2.44. The number of aliphatic hydroxyl groups excluding tert-OH is 4. The molecule has 7 N–H and O–H groups in total. The van der Waals surface area contributed by atoms with E-state index in [-0.39, 0.29) is 31.1 Å². The summed E-state index contributed by atoms with van der Waals surface area (Å²) in [5.41, 5.74) is 0. The average Bonchev–Trinajstić information content (AvgIpc) is 3.49. The molecule has 0 aliphatic heterocycles. The summed E-state index contributed by atoms with van der Waals surface area (Å²) >= 11 is 0. The van der Waals surface area contributed by atoms with Gasteiger partial charge < -0.3 is 44.6 Å².